The van der Waals surface area contributed by atoms with Crippen molar-refractivity contribution in [1.29, 1.82) is 0 Å². The normalized spacial score (nSPS) is 11.9. The van der Waals surface area contributed by atoms with Crippen molar-refractivity contribution >= 4 is 5.91 Å². The minimum Gasteiger partial charge on any atom is -0.342 e. The summed E-state index contributed by atoms with van der Waals surface area (Å²) in [7, 11) is 1.83. The highest BCUT2D eigenvalue weighted by Crippen LogP contribution is 2.11. The Labute approximate surface area is 104 Å². The monoisotopic (exact) mass is 231 g/mol. The number of nitrogens with zero attached hydrogens (tertiary/aromatic N) is 1. The van der Waals surface area contributed by atoms with E-state index in [4.69, 9.17) is 0 Å². The number of amides is 1. The van der Waals surface area contributed by atoms with Crippen LogP contribution in [0.2, 0.25) is 0 Å². The molecule has 0 heterocycles. The molecule has 1 amide bonds. The first-order valence-electron chi connectivity index (χ1n) is 5.94. The quantitative estimate of drug-likeness (QED) is 0.714. The zero-order chi connectivity index (χ0) is 12.8. The lowest BCUT2D eigenvalue weighted by Gasteiger charge is -2.21. The molecule has 0 aromatic heterocycles. The van der Waals surface area contributed by atoms with Crippen LogP contribution in [0.25, 0.3) is 0 Å². The Kier molecular flexibility index (Phi) is 4.95. The van der Waals surface area contributed by atoms with E-state index < -0.39 is 0 Å². The SMILES string of the molecule is C=C(C)CN(C)C(=O)C(C)Cc1ccccc1. The summed E-state index contributed by atoms with van der Waals surface area (Å²) in [6.45, 7) is 8.38. The van der Waals surface area contributed by atoms with Gasteiger partial charge in [-0.1, -0.05) is 49.4 Å². The van der Waals surface area contributed by atoms with Gasteiger partial charge in [0.1, 0.15) is 0 Å². The predicted octanol–water partition coefficient (Wildman–Crippen LogP) is 2.90. The largest absolute Gasteiger partial charge is 0.342 e. The number of rotatable bonds is 5. The van der Waals surface area contributed by atoms with Gasteiger partial charge in [0.05, 0.1) is 0 Å². The molecule has 0 saturated carbocycles. The molecule has 0 fully saturated rings. The summed E-state index contributed by atoms with van der Waals surface area (Å²) in [6.07, 6.45) is 0.792. The molecule has 1 aromatic rings. The van der Waals surface area contributed by atoms with E-state index in [0.717, 1.165) is 12.0 Å². The van der Waals surface area contributed by atoms with Gasteiger partial charge in [0, 0.05) is 19.5 Å². The van der Waals surface area contributed by atoms with E-state index in [1.54, 1.807) is 4.90 Å². The Morgan fingerprint density at radius 3 is 2.47 bits per heavy atom. The molecule has 1 atom stereocenters. The second kappa shape index (κ2) is 6.24. The number of benzene rings is 1. The van der Waals surface area contributed by atoms with Gasteiger partial charge in [-0.25, -0.2) is 0 Å². The summed E-state index contributed by atoms with van der Waals surface area (Å²) in [5, 5.41) is 0. The summed E-state index contributed by atoms with van der Waals surface area (Å²) in [6, 6.07) is 10.1. The van der Waals surface area contributed by atoms with Crippen LogP contribution in [0, 0.1) is 5.92 Å². The molecule has 1 aromatic carbocycles. The summed E-state index contributed by atoms with van der Waals surface area (Å²) in [5.41, 5.74) is 2.21. The van der Waals surface area contributed by atoms with Crippen molar-refractivity contribution in [2.45, 2.75) is 20.3 Å². The highest BCUT2D eigenvalue weighted by molar-refractivity contribution is 5.78. The maximum absolute atomic E-state index is 12.1. The molecule has 0 bridgehead atoms. The van der Waals surface area contributed by atoms with Crippen LogP contribution in [0.4, 0.5) is 0 Å². The number of hydrogen-bond acceptors (Lipinski definition) is 1. The number of hydrogen-bond donors (Lipinski definition) is 0. The van der Waals surface area contributed by atoms with Gasteiger partial charge in [-0.05, 0) is 18.9 Å². The topological polar surface area (TPSA) is 20.3 Å². The van der Waals surface area contributed by atoms with Gasteiger partial charge in [-0.15, -0.1) is 0 Å². The number of carbonyl (C=O) groups excluding carboxylic acids is 1. The Bertz CT molecular complexity index is 383. The standard InChI is InChI=1S/C15H21NO/c1-12(2)11-16(4)15(17)13(3)10-14-8-6-5-7-9-14/h5-9,13H,1,10-11H2,2-4H3. The van der Waals surface area contributed by atoms with Crippen molar-refractivity contribution in [1.82, 2.24) is 4.90 Å². The first-order valence-corrected chi connectivity index (χ1v) is 5.94. The van der Waals surface area contributed by atoms with Crippen LogP contribution in [-0.2, 0) is 11.2 Å². The second-order valence-corrected chi connectivity index (χ2v) is 4.74. The molecule has 0 N–H and O–H groups in total. The minimum absolute atomic E-state index is 0.0155. The van der Waals surface area contributed by atoms with Crippen molar-refractivity contribution in [2.24, 2.45) is 5.92 Å². The third kappa shape index (κ3) is 4.43. The molecule has 0 aliphatic heterocycles. The van der Waals surface area contributed by atoms with Crippen LogP contribution in [0.3, 0.4) is 0 Å². The van der Waals surface area contributed by atoms with Crippen molar-refractivity contribution in [3.05, 3.63) is 48.0 Å². The Balaban J connectivity index is 2.55. The van der Waals surface area contributed by atoms with E-state index in [0.29, 0.717) is 6.54 Å². The van der Waals surface area contributed by atoms with Gasteiger partial charge in [0.25, 0.3) is 0 Å². The van der Waals surface area contributed by atoms with E-state index in [2.05, 4.69) is 18.7 Å². The van der Waals surface area contributed by atoms with Crippen molar-refractivity contribution in [3.8, 4) is 0 Å². The lowest BCUT2D eigenvalue weighted by Crippen LogP contribution is -2.33. The van der Waals surface area contributed by atoms with Gasteiger partial charge in [-0.3, -0.25) is 4.79 Å². The van der Waals surface area contributed by atoms with Crippen LogP contribution in [-0.4, -0.2) is 24.4 Å². The molecule has 92 valence electrons. The lowest BCUT2D eigenvalue weighted by molar-refractivity contribution is -0.133. The van der Waals surface area contributed by atoms with Gasteiger partial charge >= 0.3 is 0 Å². The smallest absolute Gasteiger partial charge is 0.225 e. The van der Waals surface area contributed by atoms with Crippen LogP contribution >= 0.6 is 0 Å². The van der Waals surface area contributed by atoms with Crippen LogP contribution in [0.1, 0.15) is 19.4 Å². The highest BCUT2D eigenvalue weighted by Gasteiger charge is 2.17. The molecular weight excluding hydrogens is 210 g/mol. The fourth-order valence-corrected chi connectivity index (χ4v) is 1.91. The summed E-state index contributed by atoms with van der Waals surface area (Å²) < 4.78 is 0. The average molecular weight is 231 g/mol. The first-order chi connectivity index (χ1) is 8.00. The molecule has 1 unspecified atom stereocenters. The molecule has 0 saturated heterocycles. The summed E-state index contributed by atoms with van der Waals surface area (Å²) in [5.74, 6) is 0.193. The number of likely N-dealkylation sites (N-methyl/N-ethyl adjacent to an activating group) is 1. The highest BCUT2D eigenvalue weighted by atomic mass is 16.2. The molecule has 0 aliphatic rings. The summed E-state index contributed by atoms with van der Waals surface area (Å²) >= 11 is 0. The molecule has 0 spiro atoms. The maximum Gasteiger partial charge on any atom is 0.225 e. The minimum atomic E-state index is 0.0155. The molecule has 17 heavy (non-hydrogen) atoms. The van der Waals surface area contributed by atoms with E-state index in [9.17, 15) is 4.79 Å². The molecule has 2 heteroatoms. The fraction of sp³-hybridized carbons (Fsp3) is 0.400. The van der Waals surface area contributed by atoms with Gasteiger partial charge in [-0.2, -0.15) is 0 Å². The Morgan fingerprint density at radius 1 is 1.35 bits per heavy atom. The molecule has 1 rings (SSSR count). The first kappa shape index (κ1) is 13.5. The number of carbonyl (C=O) groups is 1. The van der Waals surface area contributed by atoms with Crippen LogP contribution < -0.4 is 0 Å². The van der Waals surface area contributed by atoms with Gasteiger partial charge in [0.2, 0.25) is 5.91 Å². The fourth-order valence-electron chi connectivity index (χ4n) is 1.91. The third-order valence-electron chi connectivity index (χ3n) is 2.69. The van der Waals surface area contributed by atoms with Crippen molar-refractivity contribution < 1.29 is 4.79 Å². The van der Waals surface area contributed by atoms with E-state index >= 15 is 0 Å². The zero-order valence-electron chi connectivity index (χ0n) is 10.9. The van der Waals surface area contributed by atoms with Gasteiger partial charge in [0.15, 0.2) is 0 Å². The second-order valence-electron chi connectivity index (χ2n) is 4.74. The third-order valence-corrected chi connectivity index (χ3v) is 2.69. The summed E-state index contributed by atoms with van der Waals surface area (Å²) in [4.78, 5) is 13.8. The molecule has 2 nitrogen and oxygen atoms in total. The maximum atomic E-state index is 12.1. The van der Waals surface area contributed by atoms with E-state index in [1.165, 1.54) is 5.56 Å². The van der Waals surface area contributed by atoms with E-state index in [-0.39, 0.29) is 11.8 Å². The average Bonchev–Trinajstić information content (AvgIpc) is 2.28. The predicted molar refractivity (Wildman–Crippen MR) is 71.8 cm³/mol. The van der Waals surface area contributed by atoms with E-state index in [1.807, 2.05) is 39.1 Å². The van der Waals surface area contributed by atoms with Crippen molar-refractivity contribution in [3.63, 3.8) is 0 Å². The Morgan fingerprint density at radius 2 is 1.94 bits per heavy atom. The molecular formula is C15H21NO. The molecule has 0 aliphatic carbocycles. The van der Waals surface area contributed by atoms with Crippen molar-refractivity contribution in [2.75, 3.05) is 13.6 Å². The van der Waals surface area contributed by atoms with Gasteiger partial charge < -0.3 is 4.90 Å². The molecule has 0 radical (unpaired) electrons. The zero-order valence-corrected chi connectivity index (χ0v) is 10.9. The van der Waals surface area contributed by atoms with Crippen LogP contribution in [0.5, 0.6) is 0 Å². The lowest BCUT2D eigenvalue weighted by atomic mass is 10.00. The Hall–Kier alpha value is -1.57. The van der Waals surface area contributed by atoms with Crippen LogP contribution in [0.15, 0.2) is 42.5 Å².